The zero-order valence-electron chi connectivity index (χ0n) is 60.8. The fraction of sp³-hybridized carbons (Fsp3) is 0.500. The number of carbonyl (C=O) groups is 15. The highest BCUT2D eigenvalue weighted by Gasteiger charge is 2.39. The van der Waals surface area contributed by atoms with E-state index in [0.29, 0.717) is 40.4 Å². The van der Waals surface area contributed by atoms with Gasteiger partial charge in [-0.3, -0.25) is 71.9 Å². The quantitative estimate of drug-likeness (QED) is 0.0229. The van der Waals surface area contributed by atoms with Gasteiger partial charge in [-0.1, -0.05) is 100 Å². The Balaban J connectivity index is 1.61. The van der Waals surface area contributed by atoms with Gasteiger partial charge in [-0.15, -0.1) is 0 Å². The van der Waals surface area contributed by atoms with E-state index in [1.54, 1.807) is 91.1 Å². The van der Waals surface area contributed by atoms with Crippen LogP contribution >= 0.6 is 21.6 Å². The smallest absolute Gasteiger partial charge is 0.245 e. The normalized spacial score (nSPS) is 24.4. The number of fused-ring (bicyclic) bond motifs is 1. The zero-order chi connectivity index (χ0) is 80.4. The molecule has 2 heterocycles. The molecule has 2 unspecified atom stereocenters. The van der Waals surface area contributed by atoms with Gasteiger partial charge in [-0.05, 0) is 102 Å². The number of hydrogen-bond donors (Lipinski definition) is 22. The Morgan fingerprint density at radius 1 is 0.505 bits per heavy atom. The number of aromatic amines is 1. The van der Waals surface area contributed by atoms with Crippen LogP contribution in [-0.2, 0) is 91.2 Å². The molecule has 0 aliphatic carbocycles. The standard InChI is InChI=1S/C70H101N19O18S2/c1-36(73)59(96)77-32-55(94)79-53-35-109-108-34-52(58(75)95)87-67(104)51(33-90)86-70(107)57(39(4)92)89-66(103)48(28-41-19-9-6-10-20-41)85-69(106)56(38(3)91)88-62(99)46(24-14-16-26-72)80-64(101)49(29-42-31-76-44-22-12-11-21-43(42)44)82-60(97)37(2)78-63(100)47(27-40-17-7-5-8-18-40)83-65(102)50(30-54(74)93)84-61(98)45(81-68(53)105)23-13-15-25-71/h5-12,17-22,31,36-39,45-53,56-57,76,90-92H,13-16,23-30,32-35,71-73H2,1-4H3,(H2,74,93)(H2,75,95)(H,77,96)(H,78,100)(H,79,94)(H,80,101)(H,81,105)(H,82,97)(H,83,102)(H,84,98)(H,85,106)(H,86,107)(H,87,104)(H,88,99)(H,89,103)/t36-,37+,38?,39?,45-,46+,47-,48-,49-,50+,51-,52-,53-,56+,57+/m0/s1. The van der Waals surface area contributed by atoms with Crippen LogP contribution in [0.15, 0.2) is 91.1 Å². The molecule has 0 bridgehead atoms. The summed E-state index contributed by atoms with van der Waals surface area (Å²) < 4.78 is 0. The molecule has 0 radical (unpaired) electrons. The van der Waals surface area contributed by atoms with Crippen molar-refractivity contribution in [3.8, 4) is 0 Å². The Hall–Kier alpha value is -10.3. The second-order valence-corrected chi connectivity index (χ2v) is 28.7. The first kappa shape index (κ1) is 89.3. The first-order chi connectivity index (χ1) is 51.8. The Morgan fingerprint density at radius 2 is 0.936 bits per heavy atom. The summed E-state index contributed by atoms with van der Waals surface area (Å²) >= 11 is 0. The minimum atomic E-state index is -1.95. The molecule has 15 amide bonds. The van der Waals surface area contributed by atoms with Crippen molar-refractivity contribution < 1.29 is 87.2 Å². The van der Waals surface area contributed by atoms with E-state index < -0.39 is 210 Å². The van der Waals surface area contributed by atoms with Crippen LogP contribution in [0, 0.1) is 0 Å². The summed E-state index contributed by atoms with van der Waals surface area (Å²) in [6.45, 7) is 3.26. The number of para-hydroxylation sites is 1. The predicted molar refractivity (Wildman–Crippen MR) is 402 cm³/mol. The fourth-order valence-corrected chi connectivity index (χ4v) is 13.4. The Bertz CT molecular complexity index is 3780. The van der Waals surface area contributed by atoms with Crippen LogP contribution in [0.2, 0.25) is 0 Å². The van der Waals surface area contributed by atoms with Gasteiger partial charge in [0.15, 0.2) is 0 Å². The van der Waals surface area contributed by atoms with Gasteiger partial charge in [0.2, 0.25) is 88.6 Å². The molecule has 37 nitrogen and oxygen atoms in total. The Kier molecular flexibility index (Phi) is 37.3. The van der Waals surface area contributed by atoms with Crippen molar-refractivity contribution in [3.63, 3.8) is 0 Å². The molecule has 39 heteroatoms. The number of benzene rings is 3. The summed E-state index contributed by atoms with van der Waals surface area (Å²) in [6.07, 6.45) is -2.97. The minimum Gasteiger partial charge on any atom is -0.394 e. The average Bonchev–Trinajstić information content (AvgIpc) is 1.73. The molecule has 1 aromatic heterocycles. The molecule has 15 atom stereocenters. The highest BCUT2D eigenvalue weighted by atomic mass is 33.1. The molecule has 3 aromatic carbocycles. The van der Waals surface area contributed by atoms with Gasteiger partial charge in [-0.25, -0.2) is 0 Å². The van der Waals surface area contributed by atoms with Crippen LogP contribution in [0.5, 0.6) is 0 Å². The topological polar surface area (TPSA) is 619 Å². The molecular formula is C70H101N19O18S2. The lowest BCUT2D eigenvalue weighted by molar-refractivity contribution is -0.138. The molecule has 1 fully saturated rings. The van der Waals surface area contributed by atoms with E-state index >= 15 is 0 Å². The maximum absolute atomic E-state index is 14.9. The third-order valence-corrected chi connectivity index (χ3v) is 19.6. The average molecular weight is 1560 g/mol. The highest BCUT2D eigenvalue weighted by Crippen LogP contribution is 2.24. The van der Waals surface area contributed by atoms with Crippen molar-refractivity contribution in [2.45, 2.75) is 183 Å². The van der Waals surface area contributed by atoms with Crippen LogP contribution in [-0.4, -0.2) is 237 Å². The second kappa shape index (κ2) is 45.5. The Labute approximate surface area is 636 Å². The number of nitrogens with one attached hydrogen (secondary N) is 14. The minimum absolute atomic E-state index is 0.119. The van der Waals surface area contributed by atoms with E-state index in [2.05, 4.69) is 74.1 Å². The number of carbonyl (C=O) groups excluding carboxylic acids is 15. The first-order valence-electron chi connectivity index (χ1n) is 35.3. The van der Waals surface area contributed by atoms with E-state index in [4.69, 9.17) is 28.7 Å². The number of hydrogen-bond acceptors (Lipinski definition) is 23. The maximum Gasteiger partial charge on any atom is 0.245 e. The molecule has 0 spiro atoms. The Morgan fingerprint density at radius 3 is 1.46 bits per heavy atom. The monoisotopic (exact) mass is 1560 g/mol. The number of amides is 15. The van der Waals surface area contributed by atoms with Gasteiger partial charge in [0, 0.05) is 47.9 Å². The van der Waals surface area contributed by atoms with Crippen molar-refractivity contribution in [2.24, 2.45) is 28.7 Å². The van der Waals surface area contributed by atoms with Crippen LogP contribution in [0.25, 0.3) is 10.9 Å². The van der Waals surface area contributed by atoms with Crippen LogP contribution < -0.4 is 97.8 Å². The summed E-state index contributed by atoms with van der Waals surface area (Å²) in [5.41, 5.74) is 30.7. The van der Waals surface area contributed by atoms with E-state index in [9.17, 15) is 87.2 Å². The number of aliphatic hydroxyl groups excluding tert-OH is 3. The molecular weight excluding hydrogens is 1460 g/mol. The van der Waals surface area contributed by atoms with Crippen LogP contribution in [0.4, 0.5) is 0 Å². The lowest BCUT2D eigenvalue weighted by Gasteiger charge is -2.29. The zero-order valence-corrected chi connectivity index (χ0v) is 62.4. The van der Waals surface area contributed by atoms with Gasteiger partial charge in [0.25, 0.3) is 0 Å². The highest BCUT2D eigenvalue weighted by molar-refractivity contribution is 8.76. The summed E-state index contributed by atoms with van der Waals surface area (Å²) in [5.74, 6) is -16.7. The first-order valence-corrected chi connectivity index (χ1v) is 37.8. The summed E-state index contributed by atoms with van der Waals surface area (Å²) in [4.78, 5) is 214. The largest absolute Gasteiger partial charge is 0.394 e. The van der Waals surface area contributed by atoms with Crippen molar-refractivity contribution in [2.75, 3.05) is 37.7 Å². The van der Waals surface area contributed by atoms with E-state index in [-0.39, 0.29) is 58.0 Å². The molecule has 0 saturated carbocycles. The SMILES string of the molecule is CC(O)[C@H]1NC(=O)[C@H](Cc2ccccc2)NC(=O)[C@@H](C(C)O)NC(=O)[C@@H](CCCCN)NC(=O)[C@H](Cc2c[nH]c3ccccc23)NC(=O)[C@@H](C)NC(=O)[C@H](Cc2ccccc2)NC(=O)[C@@H](CC(N)=O)NC(=O)[C@H](CCCCN)NC(=O)[C@@H](NC(=O)CNC(=O)[C@H](C)N)CSSC[C@@H](C(N)=O)NC(=O)[C@H](CO)NC1=O. The number of aromatic nitrogens is 1. The molecule has 1 aliphatic rings. The number of primary amides is 2. The van der Waals surface area contributed by atoms with Crippen molar-refractivity contribution in [1.82, 2.24) is 74.1 Å². The second-order valence-electron chi connectivity index (χ2n) is 26.1. The van der Waals surface area contributed by atoms with E-state index in [1.807, 2.05) is 0 Å². The van der Waals surface area contributed by atoms with Crippen molar-refractivity contribution >= 4 is 121 Å². The molecule has 109 heavy (non-hydrogen) atoms. The summed E-state index contributed by atoms with van der Waals surface area (Å²) in [7, 11) is 1.63. The van der Waals surface area contributed by atoms with Gasteiger partial charge >= 0.3 is 0 Å². The third kappa shape index (κ3) is 29.7. The molecule has 596 valence electrons. The van der Waals surface area contributed by atoms with E-state index in [0.717, 1.165) is 35.4 Å². The van der Waals surface area contributed by atoms with Gasteiger partial charge < -0.3 is 118 Å². The predicted octanol–water partition coefficient (Wildman–Crippen LogP) is -6.74. The van der Waals surface area contributed by atoms with Gasteiger partial charge in [0.1, 0.15) is 72.5 Å². The van der Waals surface area contributed by atoms with Crippen LogP contribution in [0.3, 0.4) is 0 Å². The summed E-state index contributed by atoms with van der Waals surface area (Å²) in [6, 6.07) is 1.91. The van der Waals surface area contributed by atoms with E-state index in [1.165, 1.54) is 13.8 Å². The summed E-state index contributed by atoms with van der Waals surface area (Å²) in [5, 5.41) is 65.3. The maximum atomic E-state index is 14.9. The number of rotatable bonds is 24. The molecule has 1 aliphatic heterocycles. The van der Waals surface area contributed by atoms with Crippen molar-refractivity contribution in [3.05, 3.63) is 108 Å². The molecule has 4 aromatic rings. The number of aliphatic hydroxyl groups is 3. The lowest BCUT2D eigenvalue weighted by Crippen LogP contribution is -2.63. The van der Waals surface area contributed by atoms with Crippen molar-refractivity contribution in [1.29, 1.82) is 0 Å². The van der Waals surface area contributed by atoms with Gasteiger partial charge in [0.05, 0.1) is 37.8 Å². The lowest BCUT2D eigenvalue weighted by atomic mass is 10.0. The third-order valence-electron chi connectivity index (χ3n) is 17.2. The fourth-order valence-electron chi connectivity index (χ4n) is 11.0. The molecule has 5 rings (SSSR count). The number of unbranched alkanes of at least 4 members (excludes halogenated alkanes) is 2. The molecule has 1 saturated heterocycles. The van der Waals surface area contributed by atoms with Gasteiger partial charge in [-0.2, -0.15) is 0 Å². The molecule has 27 N–H and O–H groups in total. The number of H-pyrrole nitrogens is 1. The number of nitrogens with two attached hydrogens (primary N) is 5. The van der Waals surface area contributed by atoms with Crippen LogP contribution in [0.1, 0.15) is 89.3 Å².